The van der Waals surface area contributed by atoms with Gasteiger partial charge < -0.3 is 14.4 Å². The lowest BCUT2D eigenvalue weighted by atomic mass is 9.88. The number of methoxy groups -OCH3 is 2. The maximum atomic E-state index is 12.6. The molecule has 4 heteroatoms. The maximum absolute atomic E-state index is 12.6. The van der Waals surface area contributed by atoms with Crippen molar-refractivity contribution in [3.63, 3.8) is 0 Å². The van der Waals surface area contributed by atoms with Crippen LogP contribution in [-0.4, -0.2) is 38.1 Å². The van der Waals surface area contributed by atoms with E-state index in [2.05, 4.69) is 29.2 Å². The van der Waals surface area contributed by atoms with Crippen LogP contribution in [0.15, 0.2) is 30.4 Å². The van der Waals surface area contributed by atoms with E-state index in [1.165, 1.54) is 5.56 Å². The molecule has 26 heavy (non-hydrogen) atoms. The number of likely N-dealkylation sites (tertiary alicyclic amines) is 1. The summed E-state index contributed by atoms with van der Waals surface area (Å²) in [6.45, 7) is 1.84. The average molecular weight is 357 g/mol. The number of carbonyl (C=O) groups excluding carboxylic acids is 1. The van der Waals surface area contributed by atoms with Crippen molar-refractivity contribution in [2.75, 3.05) is 27.3 Å². The molecule has 0 radical (unpaired) electrons. The molecule has 1 atom stereocenters. The van der Waals surface area contributed by atoms with Gasteiger partial charge >= 0.3 is 0 Å². The Labute approximate surface area is 157 Å². The molecule has 1 amide bonds. The first-order chi connectivity index (χ1) is 12.7. The van der Waals surface area contributed by atoms with Gasteiger partial charge in [0.2, 0.25) is 5.91 Å². The van der Waals surface area contributed by atoms with Crippen LogP contribution in [-0.2, 0) is 11.2 Å². The average Bonchev–Trinajstić information content (AvgIpc) is 2.72. The number of ether oxygens (including phenoxy) is 2. The summed E-state index contributed by atoms with van der Waals surface area (Å²) in [4.78, 5) is 14.8. The topological polar surface area (TPSA) is 38.8 Å². The Kier molecular flexibility index (Phi) is 6.59. The molecule has 1 fully saturated rings. The number of carbonyl (C=O) groups is 1. The lowest BCUT2D eigenvalue weighted by Gasteiger charge is -2.34. The molecule has 1 unspecified atom stereocenters. The van der Waals surface area contributed by atoms with Crippen LogP contribution >= 0.6 is 0 Å². The fraction of sp³-hybridized carbons (Fsp3) is 0.591. The monoisotopic (exact) mass is 357 g/mol. The Bertz CT molecular complexity index is 610. The standard InChI is InChI=1S/C22H31NO3/c1-25-20-14-18(15-21(16-20)26-2)9-8-17-10-12-23(13-11-17)22(24)19-6-4-3-5-7-19/h3-4,14-17,19H,5-13H2,1-2H3. The van der Waals surface area contributed by atoms with Crippen LogP contribution in [0.3, 0.4) is 0 Å². The van der Waals surface area contributed by atoms with Gasteiger partial charge in [-0.15, -0.1) is 0 Å². The molecule has 1 heterocycles. The number of amides is 1. The van der Waals surface area contributed by atoms with Crippen molar-refractivity contribution >= 4 is 5.91 Å². The molecule has 0 spiro atoms. The van der Waals surface area contributed by atoms with Gasteiger partial charge in [0.1, 0.15) is 11.5 Å². The van der Waals surface area contributed by atoms with E-state index >= 15 is 0 Å². The molecule has 0 N–H and O–H groups in total. The first-order valence-corrected chi connectivity index (χ1v) is 9.85. The van der Waals surface area contributed by atoms with Gasteiger partial charge in [-0.25, -0.2) is 0 Å². The molecule has 3 rings (SSSR count). The summed E-state index contributed by atoms with van der Waals surface area (Å²) in [7, 11) is 3.38. The smallest absolute Gasteiger partial charge is 0.226 e. The van der Waals surface area contributed by atoms with E-state index in [0.29, 0.717) is 11.8 Å². The number of piperidine rings is 1. The summed E-state index contributed by atoms with van der Waals surface area (Å²) < 4.78 is 10.7. The number of hydrogen-bond donors (Lipinski definition) is 0. The summed E-state index contributed by atoms with van der Waals surface area (Å²) in [6, 6.07) is 6.10. The van der Waals surface area contributed by atoms with Crippen LogP contribution in [0.2, 0.25) is 0 Å². The summed E-state index contributed by atoms with van der Waals surface area (Å²) in [5, 5.41) is 0. The van der Waals surface area contributed by atoms with Crippen LogP contribution in [0.5, 0.6) is 11.5 Å². The highest BCUT2D eigenvalue weighted by Crippen LogP contribution is 2.28. The van der Waals surface area contributed by atoms with Gasteiger partial charge in [-0.2, -0.15) is 0 Å². The second-order valence-electron chi connectivity index (χ2n) is 7.51. The molecule has 0 bridgehead atoms. The van der Waals surface area contributed by atoms with Crippen molar-refractivity contribution in [1.29, 1.82) is 0 Å². The van der Waals surface area contributed by atoms with E-state index < -0.39 is 0 Å². The largest absolute Gasteiger partial charge is 0.497 e. The predicted molar refractivity (Wildman–Crippen MR) is 104 cm³/mol. The van der Waals surface area contributed by atoms with E-state index in [1.807, 2.05) is 6.07 Å². The van der Waals surface area contributed by atoms with Crippen LogP contribution in [0, 0.1) is 11.8 Å². The molecule has 1 aromatic carbocycles. The van der Waals surface area contributed by atoms with Crippen molar-refractivity contribution < 1.29 is 14.3 Å². The summed E-state index contributed by atoms with van der Waals surface area (Å²) in [5.41, 5.74) is 1.26. The van der Waals surface area contributed by atoms with Crippen molar-refractivity contribution in [2.24, 2.45) is 11.8 Å². The molecule has 0 aromatic heterocycles. The Morgan fingerprint density at radius 1 is 1.04 bits per heavy atom. The molecule has 2 aliphatic rings. The normalized spacial score (nSPS) is 20.8. The fourth-order valence-electron chi connectivity index (χ4n) is 4.10. The summed E-state index contributed by atoms with van der Waals surface area (Å²) in [6.07, 6.45) is 11.8. The van der Waals surface area contributed by atoms with Crippen LogP contribution in [0.4, 0.5) is 0 Å². The third kappa shape index (κ3) is 4.80. The van der Waals surface area contributed by atoms with Gasteiger partial charge in [0.05, 0.1) is 14.2 Å². The quantitative estimate of drug-likeness (QED) is 0.715. The minimum atomic E-state index is 0.223. The highest BCUT2D eigenvalue weighted by atomic mass is 16.5. The van der Waals surface area contributed by atoms with Gasteiger partial charge in [0, 0.05) is 25.1 Å². The number of rotatable bonds is 6. The van der Waals surface area contributed by atoms with Crippen molar-refractivity contribution in [2.45, 2.75) is 44.9 Å². The van der Waals surface area contributed by atoms with Gasteiger partial charge in [0.15, 0.2) is 0 Å². The lowest BCUT2D eigenvalue weighted by Crippen LogP contribution is -2.42. The van der Waals surface area contributed by atoms with E-state index in [9.17, 15) is 4.79 Å². The Morgan fingerprint density at radius 2 is 1.73 bits per heavy atom. The van der Waals surface area contributed by atoms with Gasteiger partial charge in [0.25, 0.3) is 0 Å². The van der Waals surface area contributed by atoms with Crippen LogP contribution < -0.4 is 9.47 Å². The number of hydrogen-bond acceptors (Lipinski definition) is 3. The molecular weight excluding hydrogens is 326 g/mol. The molecule has 1 aromatic rings. The van der Waals surface area contributed by atoms with Gasteiger partial charge in [-0.3, -0.25) is 4.79 Å². The van der Waals surface area contributed by atoms with E-state index in [0.717, 1.165) is 69.5 Å². The molecular formula is C22H31NO3. The number of benzene rings is 1. The van der Waals surface area contributed by atoms with Crippen molar-refractivity contribution in [3.8, 4) is 11.5 Å². The Morgan fingerprint density at radius 3 is 2.31 bits per heavy atom. The minimum absolute atomic E-state index is 0.223. The lowest BCUT2D eigenvalue weighted by molar-refractivity contribution is -0.137. The summed E-state index contributed by atoms with van der Waals surface area (Å²) >= 11 is 0. The minimum Gasteiger partial charge on any atom is -0.497 e. The number of nitrogens with zero attached hydrogens (tertiary/aromatic N) is 1. The van der Waals surface area contributed by atoms with E-state index in [1.54, 1.807) is 14.2 Å². The first kappa shape index (κ1) is 18.8. The highest BCUT2D eigenvalue weighted by molar-refractivity contribution is 5.79. The second kappa shape index (κ2) is 9.11. The Balaban J connectivity index is 1.47. The SMILES string of the molecule is COc1cc(CCC2CCN(C(=O)C3CC=CCC3)CC2)cc(OC)c1. The first-order valence-electron chi connectivity index (χ1n) is 9.85. The highest BCUT2D eigenvalue weighted by Gasteiger charge is 2.28. The second-order valence-corrected chi connectivity index (χ2v) is 7.51. The van der Waals surface area contributed by atoms with Crippen LogP contribution in [0.1, 0.15) is 44.1 Å². The van der Waals surface area contributed by atoms with E-state index in [4.69, 9.17) is 9.47 Å². The maximum Gasteiger partial charge on any atom is 0.226 e. The molecule has 4 nitrogen and oxygen atoms in total. The van der Waals surface area contributed by atoms with Crippen LogP contribution in [0.25, 0.3) is 0 Å². The predicted octanol–water partition coefficient (Wildman–Crippen LogP) is 4.23. The summed E-state index contributed by atoms with van der Waals surface area (Å²) in [5.74, 6) is 3.00. The number of allylic oxidation sites excluding steroid dienone is 2. The zero-order valence-electron chi connectivity index (χ0n) is 16.1. The zero-order valence-corrected chi connectivity index (χ0v) is 16.1. The molecule has 1 saturated heterocycles. The Hall–Kier alpha value is -1.97. The molecule has 1 aliphatic carbocycles. The molecule has 1 aliphatic heterocycles. The third-order valence-electron chi connectivity index (χ3n) is 5.80. The van der Waals surface area contributed by atoms with Gasteiger partial charge in [-0.05, 0) is 68.6 Å². The third-order valence-corrected chi connectivity index (χ3v) is 5.80. The van der Waals surface area contributed by atoms with E-state index in [-0.39, 0.29) is 5.92 Å². The van der Waals surface area contributed by atoms with Crippen molar-refractivity contribution in [3.05, 3.63) is 35.9 Å². The van der Waals surface area contributed by atoms with Gasteiger partial charge in [-0.1, -0.05) is 12.2 Å². The molecule has 142 valence electrons. The number of aryl methyl sites for hydroxylation is 1. The van der Waals surface area contributed by atoms with Crippen molar-refractivity contribution in [1.82, 2.24) is 4.90 Å². The zero-order chi connectivity index (χ0) is 18.4. The molecule has 0 saturated carbocycles. The fourth-order valence-corrected chi connectivity index (χ4v) is 4.10.